The van der Waals surface area contributed by atoms with Crippen molar-refractivity contribution in [3.05, 3.63) is 12.2 Å². The smallest absolute Gasteiger partial charge is 0.307 e. The molecule has 1 aliphatic rings. The van der Waals surface area contributed by atoms with Gasteiger partial charge in [0.05, 0.1) is 11.8 Å². The van der Waals surface area contributed by atoms with Gasteiger partial charge in [0, 0.05) is 20.3 Å². The standard InChI is InChI=1S/C13H21NO4/c1-18-9-5-4-8-14-12(15)10-6-2-3-7-11(10)13(16)17/h2-3,10-11H,4-9H2,1H3,(H,14,15)(H,16,17)/t10-,11+/m1/s1. The Morgan fingerprint density at radius 1 is 1.28 bits per heavy atom. The van der Waals surface area contributed by atoms with Crippen LogP contribution in [-0.2, 0) is 14.3 Å². The molecule has 102 valence electrons. The second-order valence-corrected chi connectivity index (χ2v) is 4.48. The maximum Gasteiger partial charge on any atom is 0.307 e. The lowest BCUT2D eigenvalue weighted by atomic mass is 9.82. The van der Waals surface area contributed by atoms with Gasteiger partial charge < -0.3 is 15.2 Å². The van der Waals surface area contributed by atoms with Gasteiger partial charge in [0.2, 0.25) is 5.91 Å². The number of amides is 1. The van der Waals surface area contributed by atoms with Crippen molar-refractivity contribution < 1.29 is 19.4 Å². The summed E-state index contributed by atoms with van der Waals surface area (Å²) in [6, 6.07) is 0. The molecule has 0 saturated carbocycles. The van der Waals surface area contributed by atoms with Crippen LogP contribution < -0.4 is 5.32 Å². The molecule has 18 heavy (non-hydrogen) atoms. The number of aliphatic carboxylic acids is 1. The van der Waals surface area contributed by atoms with Gasteiger partial charge >= 0.3 is 5.97 Å². The van der Waals surface area contributed by atoms with Crippen molar-refractivity contribution in [3.8, 4) is 0 Å². The average molecular weight is 255 g/mol. The third-order valence-corrected chi connectivity index (χ3v) is 3.16. The molecule has 0 radical (unpaired) electrons. The lowest BCUT2D eigenvalue weighted by Crippen LogP contribution is -2.39. The average Bonchev–Trinajstić information content (AvgIpc) is 2.38. The van der Waals surface area contributed by atoms with E-state index >= 15 is 0 Å². The molecular weight excluding hydrogens is 234 g/mol. The quantitative estimate of drug-likeness (QED) is 0.529. The summed E-state index contributed by atoms with van der Waals surface area (Å²) >= 11 is 0. The first-order chi connectivity index (χ1) is 8.66. The van der Waals surface area contributed by atoms with E-state index in [1.165, 1.54) is 0 Å². The number of unbranched alkanes of at least 4 members (excludes halogenated alkanes) is 1. The fraction of sp³-hybridized carbons (Fsp3) is 0.692. The van der Waals surface area contributed by atoms with Gasteiger partial charge in [0.1, 0.15) is 0 Å². The first-order valence-corrected chi connectivity index (χ1v) is 6.31. The van der Waals surface area contributed by atoms with Crippen LogP contribution >= 0.6 is 0 Å². The third-order valence-electron chi connectivity index (χ3n) is 3.16. The molecule has 0 aromatic heterocycles. The van der Waals surface area contributed by atoms with Crippen LogP contribution in [0, 0.1) is 11.8 Å². The van der Waals surface area contributed by atoms with Gasteiger partial charge in [-0.1, -0.05) is 12.2 Å². The van der Waals surface area contributed by atoms with Crippen molar-refractivity contribution in [2.75, 3.05) is 20.3 Å². The highest BCUT2D eigenvalue weighted by Gasteiger charge is 2.33. The molecule has 0 heterocycles. The van der Waals surface area contributed by atoms with Crippen molar-refractivity contribution in [2.24, 2.45) is 11.8 Å². The second-order valence-electron chi connectivity index (χ2n) is 4.48. The van der Waals surface area contributed by atoms with Crippen molar-refractivity contribution in [3.63, 3.8) is 0 Å². The minimum absolute atomic E-state index is 0.149. The van der Waals surface area contributed by atoms with Gasteiger partial charge in [-0.05, 0) is 25.7 Å². The van der Waals surface area contributed by atoms with Gasteiger partial charge in [-0.15, -0.1) is 0 Å². The van der Waals surface area contributed by atoms with E-state index in [0.717, 1.165) is 12.8 Å². The summed E-state index contributed by atoms with van der Waals surface area (Å²) in [7, 11) is 1.64. The number of carbonyl (C=O) groups excluding carboxylic acids is 1. The Morgan fingerprint density at radius 2 is 1.94 bits per heavy atom. The highest BCUT2D eigenvalue weighted by Crippen LogP contribution is 2.25. The first-order valence-electron chi connectivity index (χ1n) is 6.31. The summed E-state index contributed by atoms with van der Waals surface area (Å²) in [6.07, 6.45) is 6.41. The zero-order valence-corrected chi connectivity index (χ0v) is 10.7. The fourth-order valence-corrected chi connectivity index (χ4v) is 2.09. The number of allylic oxidation sites excluding steroid dienone is 2. The number of ether oxygens (including phenoxy) is 1. The lowest BCUT2D eigenvalue weighted by molar-refractivity contribution is -0.147. The van der Waals surface area contributed by atoms with E-state index in [4.69, 9.17) is 9.84 Å². The van der Waals surface area contributed by atoms with Gasteiger partial charge in [0.15, 0.2) is 0 Å². The molecule has 1 aliphatic carbocycles. The van der Waals surface area contributed by atoms with E-state index in [-0.39, 0.29) is 5.91 Å². The van der Waals surface area contributed by atoms with Crippen LogP contribution in [0.2, 0.25) is 0 Å². The van der Waals surface area contributed by atoms with Crippen molar-refractivity contribution in [1.29, 1.82) is 0 Å². The van der Waals surface area contributed by atoms with Crippen LogP contribution in [0.5, 0.6) is 0 Å². The Bertz CT molecular complexity index is 314. The van der Waals surface area contributed by atoms with Gasteiger partial charge in [-0.3, -0.25) is 9.59 Å². The zero-order chi connectivity index (χ0) is 13.4. The third kappa shape index (κ3) is 4.49. The van der Waals surface area contributed by atoms with Crippen LogP contribution in [0.1, 0.15) is 25.7 Å². The molecule has 0 unspecified atom stereocenters. The number of nitrogens with one attached hydrogen (secondary N) is 1. The normalized spacial score (nSPS) is 22.7. The van der Waals surface area contributed by atoms with E-state index in [0.29, 0.717) is 26.0 Å². The maximum atomic E-state index is 11.9. The Balaban J connectivity index is 2.35. The largest absolute Gasteiger partial charge is 0.481 e. The Hall–Kier alpha value is -1.36. The number of rotatable bonds is 7. The molecule has 5 heteroatoms. The van der Waals surface area contributed by atoms with Crippen molar-refractivity contribution in [2.45, 2.75) is 25.7 Å². The van der Waals surface area contributed by atoms with Gasteiger partial charge in [0.25, 0.3) is 0 Å². The fourth-order valence-electron chi connectivity index (χ4n) is 2.09. The van der Waals surface area contributed by atoms with Crippen molar-refractivity contribution >= 4 is 11.9 Å². The monoisotopic (exact) mass is 255 g/mol. The van der Waals surface area contributed by atoms with E-state index < -0.39 is 17.8 Å². The topological polar surface area (TPSA) is 75.6 Å². The Morgan fingerprint density at radius 3 is 2.56 bits per heavy atom. The number of carboxylic acids is 1. The number of hydrogen-bond acceptors (Lipinski definition) is 3. The number of methoxy groups -OCH3 is 1. The first kappa shape index (κ1) is 14.7. The molecule has 1 rings (SSSR count). The molecule has 0 aromatic carbocycles. The summed E-state index contributed by atoms with van der Waals surface area (Å²) in [5.74, 6) is -2.06. The highest BCUT2D eigenvalue weighted by molar-refractivity contribution is 5.85. The molecular formula is C13H21NO4. The van der Waals surface area contributed by atoms with Gasteiger partial charge in [-0.25, -0.2) is 0 Å². The van der Waals surface area contributed by atoms with Crippen LogP contribution in [0.15, 0.2) is 12.2 Å². The summed E-state index contributed by atoms with van der Waals surface area (Å²) in [5, 5.41) is 11.9. The van der Waals surface area contributed by atoms with E-state index in [9.17, 15) is 9.59 Å². The second kappa shape index (κ2) is 7.87. The van der Waals surface area contributed by atoms with Crippen LogP contribution in [0.3, 0.4) is 0 Å². The zero-order valence-electron chi connectivity index (χ0n) is 10.7. The van der Waals surface area contributed by atoms with Crippen LogP contribution in [0.4, 0.5) is 0 Å². The number of carboxylic acid groups (broad SMARTS) is 1. The van der Waals surface area contributed by atoms with Crippen LogP contribution in [-0.4, -0.2) is 37.2 Å². The summed E-state index contributed by atoms with van der Waals surface area (Å²) in [5.41, 5.74) is 0. The molecule has 0 fully saturated rings. The highest BCUT2D eigenvalue weighted by atomic mass is 16.5. The van der Waals surface area contributed by atoms with Gasteiger partial charge in [-0.2, -0.15) is 0 Å². The van der Waals surface area contributed by atoms with E-state index in [2.05, 4.69) is 5.32 Å². The van der Waals surface area contributed by atoms with E-state index in [1.54, 1.807) is 7.11 Å². The Kier molecular flexibility index (Phi) is 6.43. The minimum atomic E-state index is -0.890. The summed E-state index contributed by atoms with van der Waals surface area (Å²) in [4.78, 5) is 23.0. The van der Waals surface area contributed by atoms with Crippen molar-refractivity contribution in [1.82, 2.24) is 5.32 Å². The lowest BCUT2D eigenvalue weighted by Gasteiger charge is -2.24. The minimum Gasteiger partial charge on any atom is -0.481 e. The predicted molar refractivity (Wildman–Crippen MR) is 67.1 cm³/mol. The molecule has 2 N–H and O–H groups in total. The SMILES string of the molecule is COCCCCNC(=O)[C@@H]1CC=CC[C@@H]1C(=O)O. The molecule has 1 amide bonds. The molecule has 0 aliphatic heterocycles. The number of hydrogen-bond donors (Lipinski definition) is 2. The maximum absolute atomic E-state index is 11.9. The molecule has 0 saturated heterocycles. The van der Waals surface area contributed by atoms with E-state index in [1.807, 2.05) is 12.2 Å². The number of carbonyl (C=O) groups is 2. The summed E-state index contributed by atoms with van der Waals surface area (Å²) in [6.45, 7) is 1.26. The molecule has 0 bridgehead atoms. The molecule has 2 atom stereocenters. The predicted octanol–water partition coefficient (Wildman–Crippen LogP) is 1.20. The van der Waals surface area contributed by atoms with Crippen LogP contribution in [0.25, 0.3) is 0 Å². The molecule has 0 spiro atoms. The molecule has 0 aromatic rings. The Labute approximate surface area is 107 Å². The summed E-state index contributed by atoms with van der Waals surface area (Å²) < 4.78 is 4.91. The molecule has 5 nitrogen and oxygen atoms in total.